The van der Waals surface area contributed by atoms with Gasteiger partial charge >= 0.3 is 0 Å². The van der Waals surface area contributed by atoms with Crippen molar-refractivity contribution in [3.05, 3.63) is 43.3 Å². The molecular formula is C20H20N8O2S4. The van der Waals surface area contributed by atoms with Crippen LogP contribution < -0.4 is 10.6 Å². The van der Waals surface area contributed by atoms with Gasteiger partial charge in [0.1, 0.15) is 9.75 Å². The molecule has 4 aromatic rings. The first-order valence-corrected chi connectivity index (χ1v) is 13.5. The number of rotatable bonds is 2. The van der Waals surface area contributed by atoms with E-state index in [1.807, 2.05) is 10.8 Å². The molecule has 10 nitrogen and oxygen atoms in total. The topological polar surface area (TPSA) is 116 Å². The minimum Gasteiger partial charge on any atom is -0.344 e. The second-order valence-corrected chi connectivity index (χ2v) is 11.6. The van der Waals surface area contributed by atoms with Gasteiger partial charge in [0, 0.05) is 51.8 Å². The van der Waals surface area contributed by atoms with Gasteiger partial charge in [-0.1, -0.05) is 22.7 Å². The summed E-state index contributed by atoms with van der Waals surface area (Å²) in [4.78, 5) is 48.6. The molecule has 0 saturated carbocycles. The zero-order valence-corrected chi connectivity index (χ0v) is 22.0. The molecule has 8 bridgehead atoms. The Morgan fingerprint density at radius 3 is 1.56 bits per heavy atom. The molecule has 14 heteroatoms. The fourth-order valence-corrected chi connectivity index (χ4v) is 6.76. The van der Waals surface area contributed by atoms with Gasteiger partial charge in [0.25, 0.3) is 11.8 Å². The zero-order valence-electron chi connectivity index (χ0n) is 18.7. The lowest BCUT2D eigenvalue weighted by molar-refractivity contribution is 0.0825. The second-order valence-electron chi connectivity index (χ2n) is 7.88. The van der Waals surface area contributed by atoms with E-state index in [1.54, 1.807) is 28.2 Å². The quantitative estimate of drug-likeness (QED) is 0.352. The number of carbonyl (C=O) groups excluding carboxylic acids is 2. The van der Waals surface area contributed by atoms with Crippen LogP contribution in [-0.2, 0) is 12.8 Å². The van der Waals surface area contributed by atoms with Crippen molar-refractivity contribution in [3.8, 4) is 0 Å². The van der Waals surface area contributed by atoms with Crippen LogP contribution in [0.4, 0.5) is 20.5 Å². The molecule has 176 valence electrons. The van der Waals surface area contributed by atoms with E-state index < -0.39 is 0 Å². The molecular weight excluding hydrogens is 513 g/mol. The van der Waals surface area contributed by atoms with Gasteiger partial charge in [-0.15, -0.1) is 22.7 Å². The van der Waals surface area contributed by atoms with Gasteiger partial charge in [-0.25, -0.2) is 19.9 Å². The van der Waals surface area contributed by atoms with Crippen molar-refractivity contribution in [1.82, 2.24) is 29.7 Å². The van der Waals surface area contributed by atoms with Gasteiger partial charge in [-0.3, -0.25) is 9.59 Å². The standard InChI is InChI=1S/C20H20N8O2S4/c1-27(2)15(29)13-11-6-12-14(16(30)28(3)4)34-20(24-12)26-18-22-10(8-32-18)5-9-7-31-17(21-9)25-19(23-11)33-13/h7-8H,5-6H2,1-4H3,(H,21,23,25)(H,22,24,26). The Morgan fingerprint density at radius 2 is 1.15 bits per heavy atom. The third-order valence-corrected chi connectivity index (χ3v) is 8.44. The van der Waals surface area contributed by atoms with Crippen LogP contribution in [0.1, 0.15) is 42.1 Å². The minimum atomic E-state index is -0.151. The van der Waals surface area contributed by atoms with Crippen molar-refractivity contribution in [2.45, 2.75) is 12.8 Å². The Hall–Kier alpha value is -2.94. The molecule has 2 N–H and O–H groups in total. The van der Waals surface area contributed by atoms with Gasteiger partial charge in [-0.05, 0) is 0 Å². The number of nitrogens with one attached hydrogen (secondary N) is 2. The highest BCUT2D eigenvalue weighted by molar-refractivity contribution is 7.19. The van der Waals surface area contributed by atoms with Gasteiger partial charge in [0.05, 0.1) is 22.8 Å². The lowest BCUT2D eigenvalue weighted by Crippen LogP contribution is -2.23. The average Bonchev–Trinajstić information content (AvgIpc) is 3.56. The molecule has 4 aromatic heterocycles. The summed E-state index contributed by atoms with van der Waals surface area (Å²) in [5.74, 6) is -0.301. The molecule has 0 spiro atoms. The number of aromatic nitrogens is 4. The molecule has 0 atom stereocenters. The van der Waals surface area contributed by atoms with E-state index in [2.05, 4.69) is 20.6 Å². The number of hydrogen-bond acceptors (Lipinski definition) is 12. The fraction of sp³-hybridized carbons (Fsp3) is 0.300. The van der Waals surface area contributed by atoms with Crippen molar-refractivity contribution in [3.63, 3.8) is 0 Å². The molecule has 5 heterocycles. The maximum Gasteiger partial charge on any atom is 0.265 e. The molecule has 34 heavy (non-hydrogen) atoms. The summed E-state index contributed by atoms with van der Waals surface area (Å²) in [6.45, 7) is 0. The first-order chi connectivity index (χ1) is 16.3. The maximum atomic E-state index is 12.9. The molecule has 1 aliphatic heterocycles. The van der Waals surface area contributed by atoms with Crippen LogP contribution in [0.5, 0.6) is 0 Å². The highest BCUT2D eigenvalue weighted by atomic mass is 32.1. The molecule has 0 aromatic carbocycles. The summed E-state index contributed by atoms with van der Waals surface area (Å²) < 4.78 is 0. The van der Waals surface area contributed by atoms with Crippen LogP contribution in [-0.4, -0.2) is 69.7 Å². The van der Waals surface area contributed by atoms with E-state index in [9.17, 15) is 9.59 Å². The maximum absolute atomic E-state index is 12.9. The highest BCUT2D eigenvalue weighted by Gasteiger charge is 2.26. The predicted octanol–water partition coefficient (Wildman–Crippen LogP) is 3.90. The van der Waals surface area contributed by atoms with Crippen LogP contribution in [0.15, 0.2) is 10.8 Å². The van der Waals surface area contributed by atoms with Crippen molar-refractivity contribution in [1.29, 1.82) is 0 Å². The summed E-state index contributed by atoms with van der Waals surface area (Å²) in [6, 6.07) is 0. The smallest absolute Gasteiger partial charge is 0.265 e. The number of thiazole rings is 4. The number of hydrogen-bond donors (Lipinski definition) is 2. The molecule has 0 aliphatic carbocycles. The third-order valence-electron chi connectivity index (χ3n) is 4.82. The van der Waals surface area contributed by atoms with Crippen molar-refractivity contribution in [2.75, 3.05) is 38.8 Å². The molecule has 5 rings (SSSR count). The van der Waals surface area contributed by atoms with Crippen LogP contribution in [0.3, 0.4) is 0 Å². The summed E-state index contributed by atoms with van der Waals surface area (Å²) >= 11 is 5.49. The Kier molecular flexibility index (Phi) is 6.06. The minimum absolute atomic E-state index is 0.151. The lowest BCUT2D eigenvalue weighted by atomic mass is 10.2. The first kappa shape index (κ1) is 22.8. The van der Waals surface area contributed by atoms with Crippen molar-refractivity contribution < 1.29 is 9.59 Å². The number of nitrogens with zero attached hydrogens (tertiary/aromatic N) is 6. The SMILES string of the molecule is CN(C)C(=O)c1sc2nc1Cc1nc(sc1C(=O)N(C)C)Nc1nc(cs1)Cc1csc(n1)N2. The second kappa shape index (κ2) is 9.02. The van der Waals surface area contributed by atoms with Gasteiger partial charge in [0.15, 0.2) is 20.5 Å². The molecule has 2 amide bonds. The molecule has 0 unspecified atom stereocenters. The Morgan fingerprint density at radius 1 is 0.706 bits per heavy atom. The average molecular weight is 533 g/mol. The number of fused-ring (bicyclic) bond motifs is 8. The monoisotopic (exact) mass is 532 g/mol. The van der Waals surface area contributed by atoms with E-state index in [-0.39, 0.29) is 18.2 Å². The summed E-state index contributed by atoms with van der Waals surface area (Å²) in [5.41, 5.74) is 2.92. The number of anilines is 4. The van der Waals surface area contributed by atoms with Gasteiger partial charge in [0.2, 0.25) is 0 Å². The molecule has 0 radical (unpaired) electrons. The fourth-order valence-electron chi connectivity index (χ4n) is 3.21. The van der Waals surface area contributed by atoms with E-state index in [1.165, 1.54) is 55.1 Å². The van der Waals surface area contributed by atoms with E-state index in [0.717, 1.165) is 11.4 Å². The summed E-state index contributed by atoms with van der Waals surface area (Å²) in [7, 11) is 6.82. The van der Waals surface area contributed by atoms with Gasteiger partial charge < -0.3 is 20.4 Å². The van der Waals surface area contributed by atoms with Crippen LogP contribution >= 0.6 is 45.3 Å². The van der Waals surface area contributed by atoms with Crippen LogP contribution in [0.2, 0.25) is 0 Å². The lowest BCUT2D eigenvalue weighted by Gasteiger charge is -2.10. The third kappa shape index (κ3) is 4.53. The Labute approximate surface area is 211 Å². The predicted molar refractivity (Wildman–Crippen MR) is 137 cm³/mol. The number of amides is 2. The largest absolute Gasteiger partial charge is 0.344 e. The zero-order chi connectivity index (χ0) is 24.0. The Balaban J connectivity index is 1.63. The normalized spacial score (nSPS) is 12.6. The van der Waals surface area contributed by atoms with E-state index in [4.69, 9.17) is 9.97 Å². The van der Waals surface area contributed by atoms with Crippen molar-refractivity contribution >= 4 is 77.7 Å². The van der Waals surface area contributed by atoms with E-state index >= 15 is 0 Å². The molecule has 0 fully saturated rings. The summed E-state index contributed by atoms with van der Waals surface area (Å²) in [6.07, 6.45) is 0.837. The first-order valence-electron chi connectivity index (χ1n) is 10.1. The molecule has 0 saturated heterocycles. The van der Waals surface area contributed by atoms with Gasteiger partial charge in [-0.2, -0.15) is 0 Å². The summed E-state index contributed by atoms with van der Waals surface area (Å²) in [5, 5.41) is 13.0. The highest BCUT2D eigenvalue weighted by Crippen LogP contribution is 2.34. The van der Waals surface area contributed by atoms with E-state index in [0.29, 0.717) is 48.1 Å². The molecule has 1 aliphatic rings. The van der Waals surface area contributed by atoms with Crippen LogP contribution in [0, 0.1) is 0 Å². The van der Waals surface area contributed by atoms with Crippen LogP contribution in [0.25, 0.3) is 0 Å². The van der Waals surface area contributed by atoms with Crippen molar-refractivity contribution in [2.24, 2.45) is 0 Å². The number of carbonyl (C=O) groups is 2. The Bertz CT molecular complexity index is 1280.